The first-order valence-electron chi connectivity index (χ1n) is 5.74. The van der Waals surface area contributed by atoms with Crippen LogP contribution in [0.25, 0.3) is 0 Å². The molecule has 0 aliphatic carbocycles. The van der Waals surface area contributed by atoms with Gasteiger partial charge in [-0.25, -0.2) is 0 Å². The fourth-order valence-corrected chi connectivity index (χ4v) is 2.17. The summed E-state index contributed by atoms with van der Waals surface area (Å²) in [5, 5.41) is 8.32. The molecule has 5 nitrogen and oxygen atoms in total. The lowest BCUT2D eigenvalue weighted by Crippen LogP contribution is -2.31. The fraction of sp³-hybridized carbons (Fsp3) is 0.818. The molecule has 96 valence electrons. The molecule has 1 atom stereocenters. The third-order valence-corrected chi connectivity index (χ3v) is 2.89. The SMILES string of the molecule is CC(C)(C)n1c(CCl)nnc1C1COCCO1. The van der Waals surface area contributed by atoms with Gasteiger partial charge in [0.05, 0.1) is 25.7 Å². The van der Waals surface area contributed by atoms with Crippen LogP contribution in [0.1, 0.15) is 38.5 Å². The van der Waals surface area contributed by atoms with Crippen LogP contribution in [-0.2, 0) is 20.9 Å². The first kappa shape index (κ1) is 12.8. The minimum Gasteiger partial charge on any atom is -0.376 e. The van der Waals surface area contributed by atoms with Crippen molar-refractivity contribution in [2.24, 2.45) is 0 Å². The Bertz CT molecular complexity index is 381. The van der Waals surface area contributed by atoms with Crippen LogP contribution in [0.5, 0.6) is 0 Å². The summed E-state index contributed by atoms with van der Waals surface area (Å²) < 4.78 is 13.1. The zero-order valence-corrected chi connectivity index (χ0v) is 11.2. The zero-order valence-electron chi connectivity index (χ0n) is 10.4. The molecule has 1 unspecified atom stereocenters. The molecule has 1 aromatic rings. The summed E-state index contributed by atoms with van der Waals surface area (Å²) in [5.41, 5.74) is -0.121. The molecule has 6 heteroatoms. The number of rotatable bonds is 2. The molecule has 2 rings (SSSR count). The zero-order chi connectivity index (χ0) is 12.5. The third-order valence-electron chi connectivity index (χ3n) is 2.65. The maximum atomic E-state index is 5.89. The van der Waals surface area contributed by atoms with E-state index in [-0.39, 0.29) is 11.6 Å². The summed E-state index contributed by atoms with van der Waals surface area (Å²) in [4.78, 5) is 0. The summed E-state index contributed by atoms with van der Waals surface area (Å²) >= 11 is 5.89. The first-order valence-corrected chi connectivity index (χ1v) is 6.27. The largest absolute Gasteiger partial charge is 0.376 e. The Labute approximate surface area is 106 Å². The predicted molar refractivity (Wildman–Crippen MR) is 64.1 cm³/mol. The molecule has 17 heavy (non-hydrogen) atoms. The minimum absolute atomic E-state index is 0.121. The van der Waals surface area contributed by atoms with Crippen molar-refractivity contribution >= 4 is 11.6 Å². The highest BCUT2D eigenvalue weighted by Crippen LogP contribution is 2.26. The van der Waals surface area contributed by atoms with E-state index in [0.29, 0.717) is 25.7 Å². The Morgan fingerprint density at radius 1 is 1.35 bits per heavy atom. The molecule has 1 saturated heterocycles. The van der Waals surface area contributed by atoms with Gasteiger partial charge in [-0.1, -0.05) is 0 Å². The monoisotopic (exact) mass is 259 g/mol. The van der Waals surface area contributed by atoms with Gasteiger partial charge in [0.15, 0.2) is 5.82 Å². The molecule has 1 aromatic heterocycles. The second-order valence-electron chi connectivity index (χ2n) is 5.05. The maximum absolute atomic E-state index is 5.89. The normalized spacial score (nSPS) is 21.8. The van der Waals surface area contributed by atoms with Gasteiger partial charge in [0.2, 0.25) is 0 Å². The number of nitrogens with zero attached hydrogens (tertiary/aromatic N) is 3. The quantitative estimate of drug-likeness (QED) is 0.761. The highest BCUT2D eigenvalue weighted by molar-refractivity contribution is 6.16. The van der Waals surface area contributed by atoms with Crippen molar-refractivity contribution in [1.82, 2.24) is 14.8 Å². The molecule has 0 saturated carbocycles. The van der Waals surface area contributed by atoms with Gasteiger partial charge in [-0.05, 0) is 20.8 Å². The first-order chi connectivity index (χ1) is 8.04. The van der Waals surface area contributed by atoms with Gasteiger partial charge in [-0.3, -0.25) is 0 Å². The molecular weight excluding hydrogens is 242 g/mol. The molecule has 2 heterocycles. The van der Waals surface area contributed by atoms with Gasteiger partial charge in [0, 0.05) is 5.54 Å². The standard InChI is InChI=1S/C11H18ClN3O2/c1-11(2,3)15-9(6-12)13-14-10(15)8-7-16-4-5-17-8/h8H,4-7H2,1-3H3. The number of hydrogen-bond donors (Lipinski definition) is 0. The van der Waals surface area contributed by atoms with E-state index < -0.39 is 0 Å². The second kappa shape index (κ2) is 4.92. The van der Waals surface area contributed by atoms with E-state index in [1.54, 1.807) is 0 Å². The van der Waals surface area contributed by atoms with Crippen LogP contribution < -0.4 is 0 Å². The number of aromatic nitrogens is 3. The molecule has 1 aliphatic heterocycles. The van der Waals surface area contributed by atoms with E-state index in [0.717, 1.165) is 11.6 Å². The summed E-state index contributed by atoms with van der Waals surface area (Å²) in [7, 11) is 0. The Morgan fingerprint density at radius 3 is 2.65 bits per heavy atom. The van der Waals surface area contributed by atoms with Gasteiger partial charge in [-0.2, -0.15) is 0 Å². The average Bonchev–Trinajstić information content (AvgIpc) is 2.73. The molecule has 1 aliphatic rings. The van der Waals surface area contributed by atoms with Crippen molar-refractivity contribution in [3.05, 3.63) is 11.6 Å². The van der Waals surface area contributed by atoms with Crippen molar-refractivity contribution in [3.8, 4) is 0 Å². The average molecular weight is 260 g/mol. The van der Waals surface area contributed by atoms with Crippen LogP contribution in [-0.4, -0.2) is 34.6 Å². The molecular formula is C11H18ClN3O2. The lowest BCUT2D eigenvalue weighted by atomic mass is 10.1. The molecule has 1 fully saturated rings. The Hall–Kier alpha value is -0.650. The van der Waals surface area contributed by atoms with Crippen molar-refractivity contribution in [1.29, 1.82) is 0 Å². The van der Waals surface area contributed by atoms with E-state index in [1.807, 2.05) is 4.57 Å². The van der Waals surface area contributed by atoms with Gasteiger partial charge < -0.3 is 14.0 Å². The molecule has 0 bridgehead atoms. The Morgan fingerprint density at radius 2 is 2.12 bits per heavy atom. The lowest BCUT2D eigenvalue weighted by Gasteiger charge is -2.29. The van der Waals surface area contributed by atoms with E-state index in [1.165, 1.54) is 0 Å². The number of hydrogen-bond acceptors (Lipinski definition) is 4. The Balaban J connectivity index is 2.36. The van der Waals surface area contributed by atoms with Crippen LogP contribution in [0.3, 0.4) is 0 Å². The summed E-state index contributed by atoms with van der Waals surface area (Å²) in [5.74, 6) is 1.91. The maximum Gasteiger partial charge on any atom is 0.165 e. The second-order valence-corrected chi connectivity index (χ2v) is 5.32. The van der Waals surface area contributed by atoms with Crippen molar-refractivity contribution in [2.75, 3.05) is 19.8 Å². The van der Waals surface area contributed by atoms with Crippen LogP contribution in [0.2, 0.25) is 0 Å². The smallest absolute Gasteiger partial charge is 0.165 e. The van der Waals surface area contributed by atoms with Crippen molar-refractivity contribution in [3.63, 3.8) is 0 Å². The highest BCUT2D eigenvalue weighted by atomic mass is 35.5. The van der Waals surface area contributed by atoms with Crippen molar-refractivity contribution < 1.29 is 9.47 Å². The topological polar surface area (TPSA) is 49.2 Å². The van der Waals surface area contributed by atoms with Gasteiger partial charge in [-0.15, -0.1) is 21.8 Å². The molecule has 0 N–H and O–H groups in total. The Kier molecular flexibility index (Phi) is 3.70. The predicted octanol–water partition coefficient (Wildman–Crippen LogP) is 1.86. The lowest BCUT2D eigenvalue weighted by molar-refractivity contribution is -0.0957. The number of alkyl halides is 1. The van der Waals surface area contributed by atoms with E-state index in [4.69, 9.17) is 21.1 Å². The van der Waals surface area contributed by atoms with E-state index >= 15 is 0 Å². The minimum atomic E-state index is -0.146. The summed E-state index contributed by atoms with van der Waals surface area (Å²) in [6, 6.07) is 0. The third kappa shape index (κ3) is 2.61. The highest BCUT2D eigenvalue weighted by Gasteiger charge is 2.29. The van der Waals surface area contributed by atoms with Crippen LogP contribution >= 0.6 is 11.6 Å². The van der Waals surface area contributed by atoms with Gasteiger partial charge in [0.1, 0.15) is 11.9 Å². The summed E-state index contributed by atoms with van der Waals surface area (Å²) in [6.07, 6.45) is -0.146. The molecule has 0 radical (unpaired) electrons. The van der Waals surface area contributed by atoms with Gasteiger partial charge in [0.25, 0.3) is 0 Å². The number of ether oxygens (including phenoxy) is 2. The summed E-state index contributed by atoms with van der Waals surface area (Å²) in [6.45, 7) is 8.05. The van der Waals surface area contributed by atoms with Crippen LogP contribution in [0, 0.1) is 0 Å². The van der Waals surface area contributed by atoms with Crippen molar-refractivity contribution in [2.45, 2.75) is 38.3 Å². The van der Waals surface area contributed by atoms with Crippen LogP contribution in [0.15, 0.2) is 0 Å². The van der Waals surface area contributed by atoms with Gasteiger partial charge >= 0.3 is 0 Å². The fourth-order valence-electron chi connectivity index (χ4n) is 1.99. The molecule has 0 aromatic carbocycles. The van der Waals surface area contributed by atoms with Crippen LogP contribution in [0.4, 0.5) is 0 Å². The number of halogens is 1. The van der Waals surface area contributed by atoms with E-state index in [9.17, 15) is 0 Å². The molecule has 0 amide bonds. The van der Waals surface area contributed by atoms with E-state index in [2.05, 4.69) is 31.0 Å². The molecule has 0 spiro atoms.